The van der Waals surface area contributed by atoms with E-state index < -0.39 is 12.0 Å². The smallest absolute Gasteiger partial charge is 0.338 e. The summed E-state index contributed by atoms with van der Waals surface area (Å²) in [4.78, 5) is 17.9. The van der Waals surface area contributed by atoms with Crippen molar-refractivity contribution < 1.29 is 18.7 Å². The molecule has 7 nitrogen and oxygen atoms in total. The van der Waals surface area contributed by atoms with Crippen molar-refractivity contribution >= 4 is 23.7 Å². The number of aryl methyl sites for hydroxylation is 3. The molecule has 0 spiro atoms. The fourth-order valence-electron chi connectivity index (χ4n) is 4.82. The molecule has 0 bridgehead atoms. The molecule has 1 N–H and O–H groups in total. The summed E-state index contributed by atoms with van der Waals surface area (Å²) in [6.07, 6.45) is 1.53. The van der Waals surface area contributed by atoms with Crippen LogP contribution in [0.1, 0.15) is 46.3 Å². The molecule has 1 aromatic heterocycles. The van der Waals surface area contributed by atoms with Crippen LogP contribution < -0.4 is 10.1 Å². The first-order valence-electron chi connectivity index (χ1n) is 13.6. The number of nitrogens with zero attached hydrogens (tertiary/aromatic N) is 3. The molecular formula is C33H33FN4O3S. The SMILES string of the molecule is C=CCOC(=O)C1=C(C)Nc2nc(SCc3ccccc3F)nn2C1c1ccc(OCc2cc(C)c(C)cc2C)cc1. The summed E-state index contributed by atoms with van der Waals surface area (Å²) >= 11 is 1.32. The van der Waals surface area contributed by atoms with Crippen LogP contribution in [-0.4, -0.2) is 27.3 Å². The number of carbonyl (C=O) groups is 1. The Labute approximate surface area is 249 Å². The number of esters is 1. The van der Waals surface area contributed by atoms with Gasteiger partial charge in [0, 0.05) is 11.4 Å². The lowest BCUT2D eigenvalue weighted by molar-refractivity contribution is -0.138. The van der Waals surface area contributed by atoms with E-state index >= 15 is 0 Å². The number of hydrogen-bond donors (Lipinski definition) is 1. The van der Waals surface area contributed by atoms with Gasteiger partial charge < -0.3 is 14.8 Å². The van der Waals surface area contributed by atoms with Crippen LogP contribution in [0.4, 0.5) is 10.3 Å². The van der Waals surface area contributed by atoms with Crippen molar-refractivity contribution in [1.29, 1.82) is 0 Å². The lowest BCUT2D eigenvalue weighted by Crippen LogP contribution is -2.29. The van der Waals surface area contributed by atoms with Crippen LogP contribution in [0.25, 0.3) is 0 Å². The number of halogens is 1. The number of thioether (sulfide) groups is 1. The molecule has 0 saturated carbocycles. The Morgan fingerprint density at radius 2 is 1.79 bits per heavy atom. The number of nitrogens with one attached hydrogen (secondary N) is 1. The van der Waals surface area contributed by atoms with Gasteiger partial charge >= 0.3 is 5.97 Å². The maximum absolute atomic E-state index is 14.2. The number of benzene rings is 3. The maximum atomic E-state index is 14.2. The average molecular weight is 585 g/mol. The van der Waals surface area contributed by atoms with Gasteiger partial charge in [0.1, 0.15) is 30.8 Å². The van der Waals surface area contributed by atoms with E-state index in [2.05, 4.69) is 49.8 Å². The van der Waals surface area contributed by atoms with Gasteiger partial charge in [-0.1, -0.05) is 66.9 Å². The molecule has 0 amide bonds. The fraction of sp³-hybridized carbons (Fsp3) is 0.242. The minimum atomic E-state index is -0.593. The Balaban J connectivity index is 1.42. The minimum Gasteiger partial charge on any atom is -0.489 e. The van der Waals surface area contributed by atoms with Gasteiger partial charge in [-0.05, 0) is 79.3 Å². The van der Waals surface area contributed by atoms with Gasteiger partial charge in [0.05, 0.1) is 5.57 Å². The van der Waals surface area contributed by atoms with Crippen LogP contribution in [0.5, 0.6) is 5.75 Å². The Bertz CT molecular complexity index is 1660. The van der Waals surface area contributed by atoms with Crippen LogP contribution in [0.3, 0.4) is 0 Å². The van der Waals surface area contributed by atoms with E-state index in [9.17, 15) is 9.18 Å². The zero-order chi connectivity index (χ0) is 29.8. The Morgan fingerprint density at radius 1 is 1.05 bits per heavy atom. The van der Waals surface area contributed by atoms with Crippen LogP contribution >= 0.6 is 11.8 Å². The number of anilines is 1. The third kappa shape index (κ3) is 6.26. The molecule has 1 unspecified atom stereocenters. The number of rotatable bonds is 10. The van der Waals surface area contributed by atoms with E-state index in [1.807, 2.05) is 31.2 Å². The number of hydrogen-bond acceptors (Lipinski definition) is 7. The second-order valence-electron chi connectivity index (χ2n) is 10.2. The van der Waals surface area contributed by atoms with E-state index in [0.717, 1.165) is 11.1 Å². The Hall–Kier alpha value is -4.37. The van der Waals surface area contributed by atoms with E-state index in [1.54, 1.807) is 22.9 Å². The topological polar surface area (TPSA) is 78.3 Å². The summed E-state index contributed by atoms with van der Waals surface area (Å²) < 4.78 is 27.4. The predicted octanol–water partition coefficient (Wildman–Crippen LogP) is 7.23. The number of aromatic nitrogens is 3. The lowest BCUT2D eigenvalue weighted by Gasteiger charge is -2.28. The standard InChI is InChI=1S/C33H33FN4O3S/c1-6-15-40-31(39)29-23(5)35-32-36-33(42-19-25-9-7-8-10-28(25)34)37-38(32)30(29)24-11-13-27(14-12-24)41-18-26-17-21(3)20(2)16-22(26)4/h6-14,16-17,30H,1,15,18-19H2,2-5H3,(H,35,36,37). The molecule has 0 saturated heterocycles. The molecule has 0 aliphatic carbocycles. The van der Waals surface area contributed by atoms with Crippen molar-refractivity contribution in [3.8, 4) is 5.75 Å². The number of allylic oxidation sites excluding steroid dienone is 1. The average Bonchev–Trinajstić information content (AvgIpc) is 3.38. The molecular weight excluding hydrogens is 551 g/mol. The molecule has 0 radical (unpaired) electrons. The van der Waals surface area contributed by atoms with Crippen LogP contribution in [0.15, 0.2) is 89.7 Å². The van der Waals surface area contributed by atoms with Gasteiger partial charge in [-0.25, -0.2) is 13.9 Å². The third-order valence-corrected chi connectivity index (χ3v) is 8.13. The number of carbonyl (C=O) groups excluding carboxylic acids is 1. The summed E-state index contributed by atoms with van der Waals surface area (Å²) in [5.74, 6) is 0.816. The number of ether oxygens (including phenoxy) is 2. The predicted molar refractivity (Wildman–Crippen MR) is 163 cm³/mol. The minimum absolute atomic E-state index is 0.0843. The first-order valence-corrected chi connectivity index (χ1v) is 14.6. The Morgan fingerprint density at radius 3 is 2.52 bits per heavy atom. The molecule has 216 valence electrons. The zero-order valence-corrected chi connectivity index (χ0v) is 24.9. The quantitative estimate of drug-likeness (QED) is 0.120. The van der Waals surface area contributed by atoms with Crippen molar-refractivity contribution in [3.63, 3.8) is 0 Å². The highest BCUT2D eigenvalue weighted by Crippen LogP contribution is 2.37. The van der Waals surface area contributed by atoms with Crippen LogP contribution in [0.2, 0.25) is 0 Å². The molecule has 2 heterocycles. The van der Waals surface area contributed by atoms with E-state index in [-0.39, 0.29) is 12.4 Å². The van der Waals surface area contributed by atoms with Gasteiger partial charge in [0.2, 0.25) is 11.1 Å². The molecule has 1 aliphatic heterocycles. The van der Waals surface area contributed by atoms with Crippen LogP contribution in [-0.2, 0) is 21.9 Å². The van der Waals surface area contributed by atoms with Gasteiger partial charge in [-0.15, -0.1) is 5.10 Å². The first-order chi connectivity index (χ1) is 20.2. The highest BCUT2D eigenvalue weighted by Gasteiger charge is 2.35. The largest absolute Gasteiger partial charge is 0.489 e. The summed E-state index contributed by atoms with van der Waals surface area (Å²) in [6.45, 7) is 12.3. The molecule has 42 heavy (non-hydrogen) atoms. The summed E-state index contributed by atoms with van der Waals surface area (Å²) in [5.41, 5.74) is 7.23. The zero-order valence-electron chi connectivity index (χ0n) is 24.1. The Kier molecular flexibility index (Phi) is 8.77. The van der Waals surface area contributed by atoms with E-state index in [0.29, 0.717) is 46.0 Å². The van der Waals surface area contributed by atoms with Crippen molar-refractivity contribution in [1.82, 2.24) is 14.8 Å². The molecule has 3 aromatic carbocycles. The molecule has 4 aromatic rings. The van der Waals surface area contributed by atoms with E-state index in [1.165, 1.54) is 40.6 Å². The third-order valence-electron chi connectivity index (χ3n) is 7.24. The second kappa shape index (κ2) is 12.7. The number of fused-ring (bicyclic) bond motifs is 1. The molecule has 1 atom stereocenters. The highest BCUT2D eigenvalue weighted by molar-refractivity contribution is 7.98. The first kappa shape index (κ1) is 29.1. The monoisotopic (exact) mass is 584 g/mol. The normalized spacial score (nSPS) is 14.3. The van der Waals surface area contributed by atoms with Gasteiger partial charge in [0.15, 0.2) is 0 Å². The fourth-order valence-corrected chi connectivity index (χ4v) is 5.63. The molecule has 1 aliphatic rings. The summed E-state index contributed by atoms with van der Waals surface area (Å²) in [5, 5.41) is 8.37. The van der Waals surface area contributed by atoms with Crippen molar-refractivity contribution in [2.75, 3.05) is 11.9 Å². The van der Waals surface area contributed by atoms with Crippen molar-refractivity contribution in [3.05, 3.63) is 124 Å². The summed E-state index contributed by atoms with van der Waals surface area (Å²) in [6, 6.07) is 18.0. The van der Waals surface area contributed by atoms with Gasteiger partial charge in [-0.3, -0.25) is 0 Å². The van der Waals surface area contributed by atoms with E-state index in [4.69, 9.17) is 14.6 Å². The van der Waals surface area contributed by atoms with Gasteiger partial charge in [-0.2, -0.15) is 4.98 Å². The van der Waals surface area contributed by atoms with Crippen LogP contribution in [0, 0.1) is 26.6 Å². The van der Waals surface area contributed by atoms with Gasteiger partial charge in [0.25, 0.3) is 0 Å². The lowest BCUT2D eigenvalue weighted by atomic mass is 9.96. The second-order valence-corrected chi connectivity index (χ2v) is 11.2. The maximum Gasteiger partial charge on any atom is 0.338 e. The molecule has 5 rings (SSSR count). The highest BCUT2D eigenvalue weighted by atomic mass is 32.2. The van der Waals surface area contributed by atoms with Crippen molar-refractivity contribution in [2.24, 2.45) is 0 Å². The summed E-state index contributed by atoms with van der Waals surface area (Å²) in [7, 11) is 0. The van der Waals surface area contributed by atoms with Crippen molar-refractivity contribution in [2.45, 2.75) is 51.3 Å². The molecule has 9 heteroatoms. The molecule has 0 fully saturated rings.